The van der Waals surface area contributed by atoms with Crippen LogP contribution in [0.15, 0.2) is 29.3 Å². The fraction of sp³-hybridized carbons (Fsp3) is 0.588. The van der Waals surface area contributed by atoms with Crippen molar-refractivity contribution in [3.05, 3.63) is 35.4 Å². The lowest BCUT2D eigenvalue weighted by molar-refractivity contribution is 0.0792. The highest BCUT2D eigenvalue weighted by molar-refractivity contribution is 5.77. The fourth-order valence-electron chi connectivity index (χ4n) is 2.57. The predicted molar refractivity (Wildman–Crippen MR) is 90.6 cm³/mol. The van der Waals surface area contributed by atoms with E-state index in [-0.39, 0.29) is 6.10 Å². The van der Waals surface area contributed by atoms with Gasteiger partial charge in [0, 0.05) is 26.2 Å². The van der Waals surface area contributed by atoms with E-state index in [0.717, 1.165) is 45.4 Å². The molecule has 1 saturated heterocycles. The predicted octanol–water partition coefficient (Wildman–Crippen LogP) is 1.46. The SMILES string of the molecule is CCCNC(N)=NCc1ccc(CN2CCC(O)CC2)cc1. The summed E-state index contributed by atoms with van der Waals surface area (Å²) in [6.07, 6.45) is 2.70. The Balaban J connectivity index is 1.80. The number of nitrogens with zero attached hydrogens (tertiary/aromatic N) is 2. The van der Waals surface area contributed by atoms with Crippen LogP contribution in [0.5, 0.6) is 0 Å². The Morgan fingerprint density at radius 3 is 2.55 bits per heavy atom. The van der Waals surface area contributed by atoms with Crippen molar-refractivity contribution in [2.24, 2.45) is 10.7 Å². The van der Waals surface area contributed by atoms with Gasteiger partial charge in [-0.3, -0.25) is 4.90 Å². The van der Waals surface area contributed by atoms with E-state index in [1.54, 1.807) is 0 Å². The molecule has 1 fully saturated rings. The summed E-state index contributed by atoms with van der Waals surface area (Å²) in [5, 5.41) is 12.6. The number of piperidine rings is 1. The van der Waals surface area contributed by atoms with Crippen molar-refractivity contribution in [3.63, 3.8) is 0 Å². The first-order chi connectivity index (χ1) is 10.7. The van der Waals surface area contributed by atoms with Crippen LogP contribution in [-0.4, -0.2) is 41.7 Å². The van der Waals surface area contributed by atoms with Crippen LogP contribution >= 0.6 is 0 Å². The monoisotopic (exact) mass is 304 g/mol. The second kappa shape index (κ2) is 8.76. The van der Waals surface area contributed by atoms with E-state index in [9.17, 15) is 5.11 Å². The number of nitrogens with two attached hydrogens (primary N) is 1. The van der Waals surface area contributed by atoms with Gasteiger partial charge in [-0.25, -0.2) is 4.99 Å². The number of guanidine groups is 1. The van der Waals surface area contributed by atoms with E-state index in [0.29, 0.717) is 12.5 Å². The number of aliphatic hydroxyl groups excluding tert-OH is 1. The van der Waals surface area contributed by atoms with Gasteiger partial charge in [0.2, 0.25) is 0 Å². The molecular formula is C17H28N4O. The van der Waals surface area contributed by atoms with Crippen molar-refractivity contribution < 1.29 is 5.11 Å². The average Bonchev–Trinajstić information content (AvgIpc) is 2.54. The van der Waals surface area contributed by atoms with Crippen molar-refractivity contribution >= 4 is 5.96 Å². The molecule has 5 nitrogen and oxygen atoms in total. The van der Waals surface area contributed by atoms with Crippen molar-refractivity contribution in [1.29, 1.82) is 0 Å². The molecule has 0 saturated carbocycles. The molecule has 2 rings (SSSR count). The van der Waals surface area contributed by atoms with E-state index in [1.165, 1.54) is 11.1 Å². The second-order valence-corrected chi connectivity index (χ2v) is 5.95. The Labute approximate surface area is 133 Å². The molecule has 0 unspecified atom stereocenters. The molecule has 122 valence electrons. The zero-order chi connectivity index (χ0) is 15.8. The first-order valence-corrected chi connectivity index (χ1v) is 8.19. The minimum Gasteiger partial charge on any atom is -0.393 e. The van der Waals surface area contributed by atoms with Gasteiger partial charge < -0.3 is 16.2 Å². The lowest BCUT2D eigenvalue weighted by atomic mass is 10.1. The van der Waals surface area contributed by atoms with Crippen LogP contribution in [0.4, 0.5) is 0 Å². The van der Waals surface area contributed by atoms with Gasteiger partial charge in [0.05, 0.1) is 12.6 Å². The molecule has 0 amide bonds. The molecule has 1 aromatic rings. The van der Waals surface area contributed by atoms with E-state index in [2.05, 4.69) is 46.4 Å². The van der Waals surface area contributed by atoms with Crippen molar-refractivity contribution in [2.75, 3.05) is 19.6 Å². The summed E-state index contributed by atoms with van der Waals surface area (Å²) in [5.41, 5.74) is 8.26. The van der Waals surface area contributed by atoms with Crippen LogP contribution in [0.3, 0.4) is 0 Å². The molecule has 1 aliphatic rings. The number of aliphatic imine (C=N–C) groups is 1. The lowest BCUT2D eigenvalue weighted by Gasteiger charge is -2.29. The topological polar surface area (TPSA) is 73.9 Å². The molecule has 0 atom stereocenters. The summed E-state index contributed by atoms with van der Waals surface area (Å²) in [6, 6.07) is 8.55. The summed E-state index contributed by atoms with van der Waals surface area (Å²) >= 11 is 0. The first-order valence-electron chi connectivity index (χ1n) is 8.19. The van der Waals surface area contributed by atoms with Gasteiger partial charge in [-0.1, -0.05) is 31.2 Å². The Morgan fingerprint density at radius 1 is 1.27 bits per heavy atom. The highest BCUT2D eigenvalue weighted by Gasteiger charge is 2.16. The number of hydrogen-bond donors (Lipinski definition) is 3. The van der Waals surface area contributed by atoms with Gasteiger partial charge in [0.15, 0.2) is 5.96 Å². The Bertz CT molecular complexity index is 464. The fourth-order valence-corrected chi connectivity index (χ4v) is 2.57. The molecule has 0 spiro atoms. The van der Waals surface area contributed by atoms with Crippen LogP contribution in [0.25, 0.3) is 0 Å². The Morgan fingerprint density at radius 2 is 1.91 bits per heavy atom. The van der Waals surface area contributed by atoms with Gasteiger partial charge in [-0.15, -0.1) is 0 Å². The third-order valence-electron chi connectivity index (χ3n) is 3.97. The third-order valence-corrected chi connectivity index (χ3v) is 3.97. The van der Waals surface area contributed by atoms with Crippen LogP contribution < -0.4 is 11.1 Å². The summed E-state index contributed by atoms with van der Waals surface area (Å²) in [6.45, 7) is 6.48. The average molecular weight is 304 g/mol. The van der Waals surface area contributed by atoms with Crippen LogP contribution in [0.1, 0.15) is 37.3 Å². The molecule has 0 radical (unpaired) electrons. The zero-order valence-corrected chi connectivity index (χ0v) is 13.5. The molecular weight excluding hydrogens is 276 g/mol. The van der Waals surface area contributed by atoms with Crippen molar-refractivity contribution in [2.45, 2.75) is 45.4 Å². The molecule has 5 heteroatoms. The largest absolute Gasteiger partial charge is 0.393 e. The molecule has 4 N–H and O–H groups in total. The summed E-state index contributed by atoms with van der Waals surface area (Å²) in [4.78, 5) is 6.73. The summed E-state index contributed by atoms with van der Waals surface area (Å²) < 4.78 is 0. The number of hydrogen-bond acceptors (Lipinski definition) is 3. The first kappa shape index (κ1) is 16.8. The maximum atomic E-state index is 9.53. The van der Waals surface area contributed by atoms with Gasteiger partial charge in [0.1, 0.15) is 0 Å². The summed E-state index contributed by atoms with van der Waals surface area (Å²) in [7, 11) is 0. The standard InChI is InChI=1S/C17H28N4O/c1-2-9-19-17(18)20-12-14-3-5-15(6-4-14)13-21-10-7-16(22)8-11-21/h3-6,16,22H,2,7-13H2,1H3,(H3,18,19,20). The molecule has 1 aliphatic heterocycles. The van der Waals surface area contributed by atoms with Gasteiger partial charge in [0.25, 0.3) is 0 Å². The number of aliphatic hydroxyl groups is 1. The van der Waals surface area contributed by atoms with E-state index in [4.69, 9.17) is 5.73 Å². The highest BCUT2D eigenvalue weighted by Crippen LogP contribution is 2.14. The molecule has 1 aromatic carbocycles. The quantitative estimate of drug-likeness (QED) is 0.549. The zero-order valence-electron chi connectivity index (χ0n) is 13.5. The van der Waals surface area contributed by atoms with E-state index in [1.807, 2.05) is 0 Å². The second-order valence-electron chi connectivity index (χ2n) is 5.95. The maximum absolute atomic E-state index is 9.53. The highest BCUT2D eigenvalue weighted by atomic mass is 16.3. The van der Waals surface area contributed by atoms with Gasteiger partial charge in [-0.05, 0) is 30.4 Å². The lowest BCUT2D eigenvalue weighted by Crippen LogP contribution is -2.35. The molecule has 0 bridgehead atoms. The van der Waals surface area contributed by atoms with Crippen molar-refractivity contribution in [3.8, 4) is 0 Å². The van der Waals surface area contributed by atoms with Crippen LogP contribution in [0, 0.1) is 0 Å². The van der Waals surface area contributed by atoms with Crippen LogP contribution in [-0.2, 0) is 13.1 Å². The number of benzene rings is 1. The van der Waals surface area contributed by atoms with Crippen molar-refractivity contribution in [1.82, 2.24) is 10.2 Å². The van der Waals surface area contributed by atoms with Gasteiger partial charge in [-0.2, -0.15) is 0 Å². The molecule has 0 aliphatic carbocycles. The normalized spacial score (nSPS) is 17.6. The number of likely N-dealkylation sites (tertiary alicyclic amines) is 1. The third kappa shape index (κ3) is 5.66. The molecule has 22 heavy (non-hydrogen) atoms. The number of nitrogens with one attached hydrogen (secondary N) is 1. The van der Waals surface area contributed by atoms with E-state index < -0.39 is 0 Å². The van der Waals surface area contributed by atoms with E-state index >= 15 is 0 Å². The minimum absolute atomic E-state index is 0.108. The summed E-state index contributed by atoms with van der Waals surface area (Å²) in [5.74, 6) is 0.512. The Kier molecular flexibility index (Phi) is 6.68. The molecule has 1 heterocycles. The molecule has 0 aromatic heterocycles. The Hall–Kier alpha value is -1.59. The van der Waals surface area contributed by atoms with Gasteiger partial charge >= 0.3 is 0 Å². The minimum atomic E-state index is -0.108. The number of rotatable bonds is 6. The van der Waals surface area contributed by atoms with Crippen LogP contribution in [0.2, 0.25) is 0 Å². The maximum Gasteiger partial charge on any atom is 0.188 e. The smallest absolute Gasteiger partial charge is 0.188 e.